The van der Waals surface area contributed by atoms with E-state index in [1.54, 1.807) is 0 Å². The topological polar surface area (TPSA) is 32.5 Å². The van der Waals surface area contributed by atoms with Gasteiger partial charge in [-0.25, -0.2) is 0 Å². The molecule has 0 bridgehead atoms. The highest BCUT2D eigenvalue weighted by Gasteiger charge is 2.21. The van der Waals surface area contributed by atoms with Crippen LogP contribution in [-0.4, -0.2) is 32.7 Å². The van der Waals surface area contributed by atoms with Crippen LogP contribution in [0.25, 0.3) is 0 Å². The van der Waals surface area contributed by atoms with Gasteiger partial charge in [0.15, 0.2) is 0 Å². The number of hydrogen-bond donors (Lipinski definition) is 1. The molecule has 2 aliphatic heterocycles. The van der Waals surface area contributed by atoms with Crippen molar-refractivity contribution in [3.63, 3.8) is 0 Å². The minimum atomic E-state index is 0.357. The number of rotatable bonds is 1. The molecule has 3 heteroatoms. The Kier molecular flexibility index (Phi) is 2.28. The first-order chi connectivity index (χ1) is 7.74. The monoisotopic (exact) mass is 217 g/mol. The summed E-state index contributed by atoms with van der Waals surface area (Å²) in [4.78, 5) is 4.73. The van der Waals surface area contributed by atoms with Crippen molar-refractivity contribution in [2.75, 3.05) is 36.5 Å². The van der Waals surface area contributed by atoms with Gasteiger partial charge < -0.3 is 15.5 Å². The van der Waals surface area contributed by atoms with E-state index in [9.17, 15) is 0 Å². The highest BCUT2D eigenvalue weighted by atomic mass is 15.2. The largest absolute Gasteiger partial charge is 0.374 e. The van der Waals surface area contributed by atoms with Gasteiger partial charge >= 0.3 is 0 Å². The molecule has 1 saturated heterocycles. The highest BCUT2D eigenvalue weighted by Crippen LogP contribution is 2.31. The molecule has 1 fully saturated rings. The van der Waals surface area contributed by atoms with Gasteiger partial charge in [0.2, 0.25) is 0 Å². The van der Waals surface area contributed by atoms with Gasteiger partial charge in [-0.2, -0.15) is 0 Å². The minimum absolute atomic E-state index is 0.357. The van der Waals surface area contributed by atoms with E-state index in [1.807, 2.05) is 0 Å². The number of benzene rings is 1. The molecule has 0 spiro atoms. The van der Waals surface area contributed by atoms with Crippen molar-refractivity contribution in [1.82, 2.24) is 0 Å². The number of likely N-dealkylation sites (N-methyl/N-ethyl adjacent to an activating group) is 1. The smallest absolute Gasteiger partial charge is 0.0398 e. The van der Waals surface area contributed by atoms with Gasteiger partial charge in [0.05, 0.1) is 0 Å². The van der Waals surface area contributed by atoms with Crippen molar-refractivity contribution in [3.05, 3.63) is 23.8 Å². The molecule has 0 radical (unpaired) electrons. The molecule has 2 heterocycles. The summed E-state index contributed by atoms with van der Waals surface area (Å²) < 4.78 is 0. The lowest BCUT2D eigenvalue weighted by molar-refractivity contribution is 0.752. The van der Waals surface area contributed by atoms with Crippen LogP contribution in [-0.2, 0) is 6.42 Å². The van der Waals surface area contributed by atoms with Crippen molar-refractivity contribution < 1.29 is 0 Å². The predicted molar refractivity (Wildman–Crippen MR) is 68.2 cm³/mol. The van der Waals surface area contributed by atoms with Crippen molar-refractivity contribution in [1.29, 1.82) is 0 Å². The Bertz CT molecular complexity index is 402. The Morgan fingerprint density at radius 3 is 2.94 bits per heavy atom. The van der Waals surface area contributed by atoms with Crippen LogP contribution in [0.15, 0.2) is 18.2 Å². The summed E-state index contributed by atoms with van der Waals surface area (Å²) in [7, 11) is 2.16. The Hall–Kier alpha value is -1.22. The number of anilines is 2. The van der Waals surface area contributed by atoms with Crippen molar-refractivity contribution >= 4 is 11.4 Å². The van der Waals surface area contributed by atoms with E-state index in [2.05, 4.69) is 35.0 Å². The van der Waals surface area contributed by atoms with Crippen LogP contribution in [0.1, 0.15) is 12.0 Å². The highest BCUT2D eigenvalue weighted by molar-refractivity contribution is 5.64. The van der Waals surface area contributed by atoms with Crippen molar-refractivity contribution in [3.8, 4) is 0 Å². The van der Waals surface area contributed by atoms with Crippen LogP contribution in [0.2, 0.25) is 0 Å². The van der Waals surface area contributed by atoms with Crippen molar-refractivity contribution in [2.45, 2.75) is 18.9 Å². The first-order valence-corrected chi connectivity index (χ1v) is 6.08. The number of hydrogen-bond acceptors (Lipinski definition) is 3. The summed E-state index contributed by atoms with van der Waals surface area (Å²) in [6, 6.07) is 7.19. The fourth-order valence-corrected chi connectivity index (χ4v) is 2.77. The van der Waals surface area contributed by atoms with Gasteiger partial charge in [-0.3, -0.25) is 0 Å². The molecule has 0 saturated carbocycles. The van der Waals surface area contributed by atoms with E-state index < -0.39 is 0 Å². The Balaban J connectivity index is 1.87. The molecule has 1 aromatic carbocycles. The summed E-state index contributed by atoms with van der Waals surface area (Å²) in [6.07, 6.45) is 2.30. The van der Waals surface area contributed by atoms with Gasteiger partial charge in [-0.1, -0.05) is 0 Å². The predicted octanol–water partition coefficient (Wildman–Crippen LogP) is 1.22. The molecule has 1 atom stereocenters. The molecule has 0 aliphatic carbocycles. The second kappa shape index (κ2) is 3.67. The summed E-state index contributed by atoms with van der Waals surface area (Å²) in [6.45, 7) is 3.27. The molecule has 3 rings (SSSR count). The average molecular weight is 217 g/mol. The summed E-state index contributed by atoms with van der Waals surface area (Å²) in [5.74, 6) is 0. The third-order valence-electron chi connectivity index (χ3n) is 3.78. The molecule has 16 heavy (non-hydrogen) atoms. The first kappa shape index (κ1) is 9.97. The maximum Gasteiger partial charge on any atom is 0.0398 e. The molecule has 0 amide bonds. The molecule has 3 nitrogen and oxygen atoms in total. The van der Waals surface area contributed by atoms with Crippen LogP contribution >= 0.6 is 0 Å². The van der Waals surface area contributed by atoms with Crippen molar-refractivity contribution in [2.24, 2.45) is 5.73 Å². The lowest BCUT2D eigenvalue weighted by atomic mass is 10.1. The van der Waals surface area contributed by atoms with E-state index in [4.69, 9.17) is 5.73 Å². The van der Waals surface area contributed by atoms with Gasteiger partial charge in [0.25, 0.3) is 0 Å². The molecule has 2 aliphatic rings. The van der Waals surface area contributed by atoms with Crippen LogP contribution in [0.3, 0.4) is 0 Å². The minimum Gasteiger partial charge on any atom is -0.374 e. The van der Waals surface area contributed by atoms with Gasteiger partial charge in [-0.05, 0) is 36.6 Å². The van der Waals surface area contributed by atoms with Gasteiger partial charge in [0.1, 0.15) is 0 Å². The zero-order chi connectivity index (χ0) is 11.1. The van der Waals surface area contributed by atoms with E-state index in [-0.39, 0.29) is 0 Å². The van der Waals surface area contributed by atoms with E-state index >= 15 is 0 Å². The van der Waals surface area contributed by atoms with Crippen LogP contribution in [0.5, 0.6) is 0 Å². The summed E-state index contributed by atoms with van der Waals surface area (Å²) in [5.41, 5.74) is 10.2. The molecule has 0 aromatic heterocycles. The normalized spacial score (nSPS) is 24.0. The van der Waals surface area contributed by atoms with Crippen LogP contribution in [0, 0.1) is 0 Å². The zero-order valence-electron chi connectivity index (χ0n) is 9.82. The maximum absolute atomic E-state index is 5.95. The zero-order valence-corrected chi connectivity index (χ0v) is 9.82. The lowest BCUT2D eigenvalue weighted by Crippen LogP contribution is -2.26. The Labute approximate surface area is 96.8 Å². The number of fused-ring (bicyclic) bond motifs is 1. The number of nitrogens with zero attached hydrogens (tertiary/aromatic N) is 2. The second-order valence-electron chi connectivity index (χ2n) is 4.98. The molecular weight excluding hydrogens is 198 g/mol. The maximum atomic E-state index is 5.95. The quantitative estimate of drug-likeness (QED) is 0.767. The summed E-state index contributed by atoms with van der Waals surface area (Å²) in [5, 5.41) is 0. The SMILES string of the molecule is CN1CCc2cc(N3CCC(N)C3)ccc21. The fraction of sp³-hybridized carbons (Fsp3) is 0.538. The van der Waals surface area contributed by atoms with Crippen LogP contribution < -0.4 is 15.5 Å². The lowest BCUT2D eigenvalue weighted by Gasteiger charge is -2.19. The summed E-state index contributed by atoms with van der Waals surface area (Å²) >= 11 is 0. The van der Waals surface area contributed by atoms with Gasteiger partial charge in [0, 0.05) is 44.1 Å². The third kappa shape index (κ3) is 1.55. The number of nitrogens with two attached hydrogens (primary N) is 1. The van der Waals surface area contributed by atoms with Crippen LogP contribution in [0.4, 0.5) is 11.4 Å². The fourth-order valence-electron chi connectivity index (χ4n) is 2.77. The third-order valence-corrected chi connectivity index (χ3v) is 3.78. The Morgan fingerprint density at radius 2 is 2.19 bits per heavy atom. The first-order valence-electron chi connectivity index (χ1n) is 6.08. The average Bonchev–Trinajstić information content (AvgIpc) is 2.86. The molecule has 2 N–H and O–H groups in total. The molecular formula is C13H19N3. The van der Waals surface area contributed by atoms with Gasteiger partial charge in [-0.15, -0.1) is 0 Å². The van der Waals surface area contributed by atoms with E-state index in [1.165, 1.54) is 23.4 Å². The van der Waals surface area contributed by atoms with E-state index in [0.29, 0.717) is 6.04 Å². The second-order valence-corrected chi connectivity index (χ2v) is 4.98. The molecule has 1 aromatic rings. The molecule has 1 unspecified atom stereocenters. The molecule has 86 valence electrons. The van der Waals surface area contributed by atoms with E-state index in [0.717, 1.165) is 26.1 Å². The standard InChI is InChI=1S/C13H19N3/c1-15-6-4-10-8-12(2-3-13(10)15)16-7-5-11(14)9-16/h2-3,8,11H,4-7,9,14H2,1H3. The Morgan fingerprint density at radius 1 is 1.31 bits per heavy atom.